The summed E-state index contributed by atoms with van der Waals surface area (Å²) in [5.74, 6) is -1.09. The number of H-pyrrole nitrogens is 1. The summed E-state index contributed by atoms with van der Waals surface area (Å²) in [6.45, 7) is -0.0598. The van der Waals surface area contributed by atoms with E-state index in [2.05, 4.69) is 0 Å². The van der Waals surface area contributed by atoms with Crippen LogP contribution in [0.4, 0.5) is 4.39 Å². The number of aliphatic hydroxyl groups excluding tert-OH is 1. The van der Waals surface area contributed by atoms with Crippen LogP contribution in [0.3, 0.4) is 0 Å². The number of ether oxygens (including phenoxy) is 2. The van der Waals surface area contributed by atoms with Crippen LogP contribution < -0.4 is 11.2 Å². The van der Waals surface area contributed by atoms with Crippen molar-refractivity contribution in [3.63, 3.8) is 0 Å². The molecule has 3 heterocycles. The maximum atomic E-state index is 13.4. The summed E-state index contributed by atoms with van der Waals surface area (Å²) in [7, 11) is 0. The average Bonchev–Trinajstić information content (AvgIpc) is 3.17. The van der Waals surface area contributed by atoms with Crippen molar-refractivity contribution in [2.45, 2.75) is 31.5 Å². The Morgan fingerprint density at radius 1 is 1.48 bits per heavy atom. The van der Waals surface area contributed by atoms with Crippen LogP contribution >= 0.6 is 0 Å². The fraction of sp³-hybridized carbons (Fsp3) is 0.429. The van der Waals surface area contributed by atoms with Crippen molar-refractivity contribution in [3.05, 3.63) is 57.0 Å². The standard InChI is InChI=1S/C14H15FN2O6/c15-9-4-17(14(20)16-13(9)19)12-3-10(11(5-18)23-12)22-7-8-1-2-21-6-8/h1-2,4,6,10-12,18H,3,5,7H2,(H,16,19,20)/t10-,11+,12+/m0/s1. The first-order chi connectivity index (χ1) is 11.1. The molecule has 124 valence electrons. The molecule has 0 saturated carbocycles. The molecule has 8 nitrogen and oxygen atoms in total. The molecule has 1 fully saturated rings. The smallest absolute Gasteiger partial charge is 0.330 e. The molecule has 3 atom stereocenters. The van der Waals surface area contributed by atoms with Crippen LogP contribution in [0.15, 0.2) is 38.8 Å². The average molecular weight is 326 g/mol. The van der Waals surface area contributed by atoms with E-state index in [1.165, 1.54) is 12.5 Å². The number of nitrogens with zero attached hydrogens (tertiary/aromatic N) is 1. The second kappa shape index (κ2) is 6.49. The molecule has 0 spiro atoms. The fourth-order valence-corrected chi connectivity index (χ4v) is 2.46. The highest BCUT2D eigenvalue weighted by Crippen LogP contribution is 2.30. The number of halogens is 1. The number of aromatic nitrogens is 2. The first kappa shape index (κ1) is 15.7. The first-order valence-corrected chi connectivity index (χ1v) is 6.98. The molecule has 1 aliphatic rings. The molecular formula is C14H15FN2O6. The van der Waals surface area contributed by atoms with Crippen LogP contribution in [-0.2, 0) is 16.1 Å². The molecule has 0 radical (unpaired) electrons. The van der Waals surface area contributed by atoms with E-state index in [1.54, 1.807) is 6.07 Å². The molecule has 23 heavy (non-hydrogen) atoms. The minimum Gasteiger partial charge on any atom is -0.472 e. The molecule has 0 aromatic carbocycles. The van der Waals surface area contributed by atoms with Gasteiger partial charge in [0.2, 0.25) is 5.82 Å². The molecule has 2 N–H and O–H groups in total. The second-order valence-electron chi connectivity index (χ2n) is 5.17. The summed E-state index contributed by atoms with van der Waals surface area (Å²) in [6, 6.07) is 1.74. The lowest BCUT2D eigenvalue weighted by molar-refractivity contribution is -0.0660. The summed E-state index contributed by atoms with van der Waals surface area (Å²) >= 11 is 0. The maximum Gasteiger partial charge on any atom is 0.330 e. The molecule has 2 aromatic heterocycles. The number of aromatic amines is 1. The van der Waals surface area contributed by atoms with Gasteiger partial charge in [-0.2, -0.15) is 4.39 Å². The van der Waals surface area contributed by atoms with Gasteiger partial charge >= 0.3 is 5.69 Å². The normalized spacial score (nSPS) is 24.2. The lowest BCUT2D eigenvalue weighted by atomic mass is 10.2. The summed E-state index contributed by atoms with van der Waals surface area (Å²) in [4.78, 5) is 24.7. The third-order valence-electron chi connectivity index (χ3n) is 3.64. The van der Waals surface area contributed by atoms with Crippen LogP contribution in [0.1, 0.15) is 18.2 Å². The summed E-state index contributed by atoms with van der Waals surface area (Å²) in [5, 5.41) is 9.38. The van der Waals surface area contributed by atoms with Gasteiger partial charge in [0.15, 0.2) is 0 Å². The van der Waals surface area contributed by atoms with Gasteiger partial charge in [-0.15, -0.1) is 0 Å². The van der Waals surface area contributed by atoms with Crippen molar-refractivity contribution in [3.8, 4) is 0 Å². The second-order valence-corrected chi connectivity index (χ2v) is 5.17. The minimum absolute atomic E-state index is 0.231. The van der Waals surface area contributed by atoms with E-state index in [4.69, 9.17) is 13.9 Å². The number of rotatable bonds is 5. The van der Waals surface area contributed by atoms with E-state index >= 15 is 0 Å². The molecule has 3 rings (SSSR count). The topological polar surface area (TPSA) is 107 Å². The molecule has 0 aliphatic carbocycles. The zero-order valence-corrected chi connectivity index (χ0v) is 12.0. The predicted octanol–water partition coefficient (Wildman–Crippen LogP) is 0.134. The molecule has 9 heteroatoms. The zero-order valence-electron chi connectivity index (χ0n) is 12.0. The van der Waals surface area contributed by atoms with Crippen LogP contribution in [0.25, 0.3) is 0 Å². The van der Waals surface area contributed by atoms with Gasteiger partial charge in [0.05, 0.1) is 38.0 Å². The van der Waals surface area contributed by atoms with Gasteiger partial charge in [0, 0.05) is 12.0 Å². The Hall–Kier alpha value is -2.23. The number of nitrogens with one attached hydrogen (secondary N) is 1. The SMILES string of the molecule is O=c1[nH]c(=O)n([C@H]2C[C@H](OCc3ccoc3)[C@@H](CO)O2)cc1F. The van der Waals surface area contributed by atoms with Crippen molar-refractivity contribution in [1.82, 2.24) is 9.55 Å². The van der Waals surface area contributed by atoms with Gasteiger partial charge in [-0.1, -0.05) is 0 Å². The minimum atomic E-state index is -1.09. The molecule has 1 aliphatic heterocycles. The van der Waals surface area contributed by atoms with Crippen molar-refractivity contribution in [1.29, 1.82) is 0 Å². The Balaban J connectivity index is 1.74. The summed E-state index contributed by atoms with van der Waals surface area (Å²) in [5.41, 5.74) is -1.05. The number of aliphatic hydroxyl groups is 1. The number of hydrogen-bond acceptors (Lipinski definition) is 6. The maximum absolute atomic E-state index is 13.4. The third kappa shape index (κ3) is 3.26. The van der Waals surface area contributed by atoms with Crippen molar-refractivity contribution < 1.29 is 23.4 Å². The van der Waals surface area contributed by atoms with E-state index in [9.17, 15) is 19.1 Å². The van der Waals surface area contributed by atoms with Gasteiger partial charge in [-0.05, 0) is 6.07 Å². The Labute approximate surface area is 129 Å². The van der Waals surface area contributed by atoms with E-state index in [0.29, 0.717) is 0 Å². The highest BCUT2D eigenvalue weighted by atomic mass is 19.1. The quantitative estimate of drug-likeness (QED) is 0.809. The van der Waals surface area contributed by atoms with E-state index in [1.807, 2.05) is 4.98 Å². The molecule has 0 amide bonds. The summed E-state index contributed by atoms with van der Waals surface area (Å²) in [6.07, 6.45) is 2.09. The Morgan fingerprint density at radius 3 is 3.00 bits per heavy atom. The van der Waals surface area contributed by atoms with Gasteiger partial charge in [0.1, 0.15) is 12.3 Å². The van der Waals surface area contributed by atoms with Crippen molar-refractivity contribution in [2.24, 2.45) is 0 Å². The van der Waals surface area contributed by atoms with Gasteiger partial charge in [-0.3, -0.25) is 14.3 Å². The highest BCUT2D eigenvalue weighted by Gasteiger charge is 2.37. The van der Waals surface area contributed by atoms with Crippen LogP contribution in [0, 0.1) is 5.82 Å². The van der Waals surface area contributed by atoms with E-state index in [0.717, 1.165) is 16.3 Å². The molecular weight excluding hydrogens is 311 g/mol. The lowest BCUT2D eigenvalue weighted by Gasteiger charge is -2.16. The van der Waals surface area contributed by atoms with Crippen LogP contribution in [0.5, 0.6) is 0 Å². The fourth-order valence-electron chi connectivity index (χ4n) is 2.46. The Kier molecular flexibility index (Phi) is 4.42. The largest absolute Gasteiger partial charge is 0.472 e. The van der Waals surface area contributed by atoms with E-state index in [-0.39, 0.29) is 19.6 Å². The van der Waals surface area contributed by atoms with Gasteiger partial charge in [-0.25, -0.2) is 4.79 Å². The molecule has 0 bridgehead atoms. The zero-order chi connectivity index (χ0) is 16.4. The third-order valence-corrected chi connectivity index (χ3v) is 3.64. The summed E-state index contributed by atoms with van der Waals surface area (Å²) < 4.78 is 30.5. The first-order valence-electron chi connectivity index (χ1n) is 6.98. The Bertz CT molecular complexity index is 768. The monoisotopic (exact) mass is 326 g/mol. The number of hydrogen-bond donors (Lipinski definition) is 2. The molecule has 2 aromatic rings. The number of furan rings is 1. The molecule has 1 saturated heterocycles. The van der Waals surface area contributed by atoms with Crippen LogP contribution in [-0.4, -0.2) is 33.5 Å². The lowest BCUT2D eigenvalue weighted by Crippen LogP contribution is -2.34. The van der Waals surface area contributed by atoms with Gasteiger partial charge in [0.25, 0.3) is 5.56 Å². The van der Waals surface area contributed by atoms with Gasteiger partial charge < -0.3 is 19.0 Å². The van der Waals surface area contributed by atoms with E-state index < -0.39 is 35.5 Å². The Morgan fingerprint density at radius 2 is 2.30 bits per heavy atom. The molecule has 0 unspecified atom stereocenters. The predicted molar refractivity (Wildman–Crippen MR) is 74.2 cm³/mol. The highest BCUT2D eigenvalue weighted by molar-refractivity contribution is 5.03. The van der Waals surface area contributed by atoms with Crippen molar-refractivity contribution >= 4 is 0 Å². The van der Waals surface area contributed by atoms with Crippen molar-refractivity contribution in [2.75, 3.05) is 6.61 Å². The van der Waals surface area contributed by atoms with Crippen LogP contribution in [0.2, 0.25) is 0 Å².